The summed E-state index contributed by atoms with van der Waals surface area (Å²) in [5.41, 5.74) is 1.02. The Bertz CT molecular complexity index is 731. The summed E-state index contributed by atoms with van der Waals surface area (Å²) in [6.45, 7) is 2.34. The van der Waals surface area contributed by atoms with Crippen molar-refractivity contribution >= 4 is 17.7 Å². The number of carbonyl (C=O) groups is 1. The second-order valence-electron chi connectivity index (χ2n) is 5.30. The molecule has 0 aliphatic carbocycles. The average molecular weight is 349 g/mol. The molecule has 0 aliphatic rings. The highest BCUT2D eigenvalue weighted by Crippen LogP contribution is 2.18. The highest BCUT2D eigenvalue weighted by molar-refractivity contribution is 7.99. The number of H-pyrrole nitrogens is 1. The highest BCUT2D eigenvalue weighted by Gasteiger charge is 2.08. The van der Waals surface area contributed by atoms with Gasteiger partial charge in [-0.3, -0.25) is 9.59 Å². The van der Waals surface area contributed by atoms with Crippen LogP contribution in [-0.4, -0.2) is 28.2 Å². The standard InChI is InChI=1S/C17H20FN3O2S/c1-12-15(17(23)21-11-20-12)7-8-16(22)19-9-2-10-24-14-5-3-13(18)4-6-14/h3-6,11H,2,7-10H2,1H3,(H,19,22)(H,20,21,23). The summed E-state index contributed by atoms with van der Waals surface area (Å²) in [5.74, 6) is 0.520. The molecule has 2 rings (SSSR count). The molecule has 0 fully saturated rings. The molecule has 5 nitrogen and oxygen atoms in total. The van der Waals surface area contributed by atoms with E-state index in [0.29, 0.717) is 24.2 Å². The number of hydrogen-bond acceptors (Lipinski definition) is 4. The number of hydrogen-bond donors (Lipinski definition) is 2. The maximum atomic E-state index is 12.8. The van der Waals surface area contributed by atoms with Crippen molar-refractivity contribution in [2.75, 3.05) is 12.3 Å². The number of aromatic nitrogens is 2. The summed E-state index contributed by atoms with van der Waals surface area (Å²) < 4.78 is 12.8. The van der Waals surface area contributed by atoms with Gasteiger partial charge in [-0.15, -0.1) is 11.8 Å². The van der Waals surface area contributed by atoms with Crippen LogP contribution in [0.5, 0.6) is 0 Å². The number of nitrogens with one attached hydrogen (secondary N) is 2. The third-order valence-electron chi connectivity index (χ3n) is 3.49. The van der Waals surface area contributed by atoms with Gasteiger partial charge >= 0.3 is 0 Å². The zero-order valence-electron chi connectivity index (χ0n) is 13.5. The zero-order valence-corrected chi connectivity index (χ0v) is 14.3. The van der Waals surface area contributed by atoms with Crippen molar-refractivity contribution in [2.45, 2.75) is 31.1 Å². The SMILES string of the molecule is Cc1nc[nH]c(=O)c1CCC(=O)NCCCSc1ccc(F)cc1. The van der Waals surface area contributed by atoms with Gasteiger partial charge in [-0.2, -0.15) is 0 Å². The molecule has 128 valence electrons. The van der Waals surface area contributed by atoms with E-state index >= 15 is 0 Å². The van der Waals surface area contributed by atoms with Crippen molar-refractivity contribution in [1.82, 2.24) is 15.3 Å². The Balaban J connectivity index is 1.63. The Morgan fingerprint density at radius 2 is 2.08 bits per heavy atom. The predicted octanol–water partition coefficient (Wildman–Crippen LogP) is 2.45. The molecule has 0 spiro atoms. The summed E-state index contributed by atoms with van der Waals surface area (Å²) in [4.78, 5) is 31.0. The van der Waals surface area contributed by atoms with E-state index in [-0.39, 0.29) is 23.7 Å². The van der Waals surface area contributed by atoms with Crippen LogP contribution in [0.3, 0.4) is 0 Å². The monoisotopic (exact) mass is 349 g/mol. The molecule has 0 aliphatic heterocycles. The maximum absolute atomic E-state index is 12.8. The molecular formula is C17H20FN3O2S. The first-order valence-corrected chi connectivity index (χ1v) is 8.73. The fourth-order valence-electron chi connectivity index (χ4n) is 2.16. The number of amides is 1. The van der Waals surface area contributed by atoms with Gasteiger partial charge in [0.15, 0.2) is 0 Å². The number of thioether (sulfide) groups is 1. The Hall–Kier alpha value is -2.15. The molecule has 24 heavy (non-hydrogen) atoms. The first-order chi connectivity index (χ1) is 11.6. The van der Waals surface area contributed by atoms with Crippen molar-refractivity contribution in [2.24, 2.45) is 0 Å². The molecule has 2 N–H and O–H groups in total. The zero-order chi connectivity index (χ0) is 17.4. The molecule has 0 bridgehead atoms. The van der Waals surface area contributed by atoms with E-state index in [4.69, 9.17) is 0 Å². The van der Waals surface area contributed by atoms with Gasteiger partial charge in [0, 0.05) is 29.1 Å². The van der Waals surface area contributed by atoms with E-state index < -0.39 is 0 Å². The average Bonchev–Trinajstić information content (AvgIpc) is 2.56. The summed E-state index contributed by atoms with van der Waals surface area (Å²) in [6, 6.07) is 6.36. The molecule has 7 heteroatoms. The third-order valence-corrected chi connectivity index (χ3v) is 4.59. The lowest BCUT2D eigenvalue weighted by atomic mass is 10.1. The number of benzene rings is 1. The van der Waals surface area contributed by atoms with Crippen molar-refractivity contribution in [3.63, 3.8) is 0 Å². The fraction of sp³-hybridized carbons (Fsp3) is 0.353. The van der Waals surface area contributed by atoms with E-state index in [0.717, 1.165) is 17.1 Å². The summed E-state index contributed by atoms with van der Waals surface area (Å²) >= 11 is 1.62. The normalized spacial score (nSPS) is 10.6. The van der Waals surface area contributed by atoms with Crippen molar-refractivity contribution in [3.8, 4) is 0 Å². The molecule has 2 aromatic rings. The van der Waals surface area contributed by atoms with Gasteiger partial charge in [0.05, 0.1) is 6.33 Å². The van der Waals surface area contributed by atoms with Gasteiger partial charge in [-0.05, 0) is 49.8 Å². The predicted molar refractivity (Wildman–Crippen MR) is 92.7 cm³/mol. The van der Waals surface area contributed by atoms with Crippen LogP contribution in [0.15, 0.2) is 40.3 Å². The van der Waals surface area contributed by atoms with E-state index in [9.17, 15) is 14.0 Å². The Labute approximate surface area is 144 Å². The lowest BCUT2D eigenvalue weighted by Crippen LogP contribution is -2.26. The molecule has 0 saturated carbocycles. The van der Waals surface area contributed by atoms with Crippen LogP contribution in [0.1, 0.15) is 24.1 Å². The van der Waals surface area contributed by atoms with Crippen LogP contribution in [0.2, 0.25) is 0 Å². The van der Waals surface area contributed by atoms with Crippen LogP contribution in [0.4, 0.5) is 4.39 Å². The van der Waals surface area contributed by atoms with Gasteiger partial charge in [0.2, 0.25) is 5.91 Å². The van der Waals surface area contributed by atoms with Crippen LogP contribution >= 0.6 is 11.8 Å². The van der Waals surface area contributed by atoms with Gasteiger partial charge < -0.3 is 10.3 Å². The minimum atomic E-state index is -0.241. The number of carbonyl (C=O) groups excluding carboxylic acids is 1. The van der Waals surface area contributed by atoms with Gasteiger partial charge in [-0.25, -0.2) is 9.37 Å². The van der Waals surface area contributed by atoms with E-state index in [2.05, 4.69) is 15.3 Å². The number of aryl methyl sites for hydroxylation is 1. The summed E-state index contributed by atoms with van der Waals surface area (Å²) in [5, 5.41) is 2.84. The first-order valence-electron chi connectivity index (χ1n) is 7.74. The lowest BCUT2D eigenvalue weighted by molar-refractivity contribution is -0.121. The van der Waals surface area contributed by atoms with Crippen LogP contribution in [-0.2, 0) is 11.2 Å². The Kier molecular flexibility index (Phi) is 6.99. The molecule has 0 unspecified atom stereocenters. The van der Waals surface area contributed by atoms with E-state index in [1.54, 1.807) is 30.8 Å². The quantitative estimate of drug-likeness (QED) is 0.567. The molecule has 1 heterocycles. The summed E-state index contributed by atoms with van der Waals surface area (Å²) in [6.07, 6.45) is 2.83. The number of rotatable bonds is 8. The second-order valence-corrected chi connectivity index (χ2v) is 6.47. The van der Waals surface area contributed by atoms with Crippen LogP contribution in [0, 0.1) is 12.7 Å². The molecule has 1 amide bonds. The first kappa shape index (κ1) is 18.2. The van der Waals surface area contributed by atoms with Gasteiger partial charge in [0.25, 0.3) is 5.56 Å². The van der Waals surface area contributed by atoms with Crippen LogP contribution < -0.4 is 10.9 Å². The minimum Gasteiger partial charge on any atom is -0.356 e. The van der Waals surface area contributed by atoms with Gasteiger partial charge in [-0.1, -0.05) is 0 Å². The second kappa shape index (κ2) is 9.22. The fourth-order valence-corrected chi connectivity index (χ4v) is 3.01. The van der Waals surface area contributed by atoms with Crippen molar-refractivity contribution in [3.05, 3.63) is 58.0 Å². The topological polar surface area (TPSA) is 74.8 Å². The molecule has 1 aromatic carbocycles. The maximum Gasteiger partial charge on any atom is 0.254 e. The van der Waals surface area contributed by atoms with Crippen molar-refractivity contribution in [1.29, 1.82) is 0 Å². The number of nitrogens with zero attached hydrogens (tertiary/aromatic N) is 1. The molecule has 0 radical (unpaired) electrons. The highest BCUT2D eigenvalue weighted by atomic mass is 32.2. The smallest absolute Gasteiger partial charge is 0.254 e. The number of halogens is 1. The van der Waals surface area contributed by atoms with Crippen molar-refractivity contribution < 1.29 is 9.18 Å². The summed E-state index contributed by atoms with van der Waals surface area (Å²) in [7, 11) is 0. The Morgan fingerprint density at radius 1 is 1.33 bits per heavy atom. The molecule has 0 atom stereocenters. The van der Waals surface area contributed by atoms with E-state index in [1.807, 2.05) is 0 Å². The molecule has 1 aromatic heterocycles. The third kappa shape index (κ3) is 5.81. The molecule has 0 saturated heterocycles. The van der Waals surface area contributed by atoms with Crippen LogP contribution in [0.25, 0.3) is 0 Å². The van der Waals surface area contributed by atoms with Gasteiger partial charge in [0.1, 0.15) is 5.82 Å². The van der Waals surface area contributed by atoms with E-state index in [1.165, 1.54) is 18.5 Å². The number of aromatic amines is 1. The minimum absolute atomic E-state index is 0.0792. The largest absolute Gasteiger partial charge is 0.356 e. The lowest BCUT2D eigenvalue weighted by Gasteiger charge is -2.06. The Morgan fingerprint density at radius 3 is 2.79 bits per heavy atom. The molecular weight excluding hydrogens is 329 g/mol.